The van der Waals surface area contributed by atoms with Crippen molar-refractivity contribution < 1.29 is 19.4 Å². The molecule has 0 aliphatic carbocycles. The molecule has 1 amide bonds. The van der Waals surface area contributed by atoms with Gasteiger partial charge in [-0.05, 0) is 49.4 Å². The van der Waals surface area contributed by atoms with E-state index in [2.05, 4.69) is 21.0 Å². The molecule has 1 N–H and O–H groups in total. The number of carbonyl (C=O) groups is 2. The number of hydrogen-bond donors (Lipinski definition) is 1. The van der Waals surface area contributed by atoms with E-state index in [1.165, 1.54) is 12.1 Å². The molecule has 6 nitrogen and oxygen atoms in total. The van der Waals surface area contributed by atoms with Gasteiger partial charge in [-0.1, -0.05) is 27.5 Å². The molecule has 0 saturated heterocycles. The fourth-order valence-corrected chi connectivity index (χ4v) is 3.22. The summed E-state index contributed by atoms with van der Waals surface area (Å²) in [6, 6.07) is 9.76. The van der Waals surface area contributed by atoms with Gasteiger partial charge in [0.15, 0.2) is 0 Å². The minimum absolute atomic E-state index is 0.0910. The molecule has 0 bridgehead atoms. The quantitative estimate of drug-likeness (QED) is 0.691. The lowest BCUT2D eigenvalue weighted by atomic mass is 10.1. The number of nitrogens with zero attached hydrogens (tertiary/aromatic N) is 2. The number of hydrogen-bond acceptors (Lipinski definition) is 4. The Morgan fingerprint density at radius 1 is 1.30 bits per heavy atom. The van der Waals surface area contributed by atoms with Crippen molar-refractivity contribution in [3.63, 3.8) is 0 Å². The Bertz CT molecular complexity index is 1020. The van der Waals surface area contributed by atoms with Gasteiger partial charge in [-0.2, -0.15) is 10.1 Å². The fraction of sp³-hybridized carbons (Fsp3) is 0.105. The second kappa shape index (κ2) is 7.54. The third-order valence-corrected chi connectivity index (χ3v) is 4.80. The average molecular weight is 450 g/mol. The summed E-state index contributed by atoms with van der Waals surface area (Å²) in [5.41, 5.74) is 1.84. The van der Waals surface area contributed by atoms with E-state index in [9.17, 15) is 14.7 Å². The lowest BCUT2D eigenvalue weighted by Crippen LogP contribution is -2.21. The van der Waals surface area contributed by atoms with Gasteiger partial charge in [0.25, 0.3) is 5.91 Å². The summed E-state index contributed by atoms with van der Waals surface area (Å²) < 4.78 is 6.18. The summed E-state index contributed by atoms with van der Waals surface area (Å²) in [6.45, 7) is 1.71. The van der Waals surface area contributed by atoms with Crippen molar-refractivity contribution in [3.8, 4) is 5.75 Å². The number of methoxy groups -OCH3 is 1. The highest BCUT2D eigenvalue weighted by molar-refractivity contribution is 9.10. The van der Waals surface area contributed by atoms with E-state index in [-0.39, 0.29) is 16.5 Å². The zero-order valence-corrected chi connectivity index (χ0v) is 16.7. The van der Waals surface area contributed by atoms with Crippen molar-refractivity contribution >= 4 is 56.9 Å². The summed E-state index contributed by atoms with van der Waals surface area (Å²) >= 11 is 9.30. The summed E-state index contributed by atoms with van der Waals surface area (Å²) in [7, 11) is 1.55. The molecular formula is C19H14BrClN2O4. The first kappa shape index (κ1) is 19.1. The second-order valence-corrected chi connectivity index (χ2v) is 7.04. The van der Waals surface area contributed by atoms with Crippen LogP contribution in [0.15, 0.2) is 51.5 Å². The molecule has 2 aromatic carbocycles. The molecule has 3 rings (SSSR count). The number of hydrazone groups is 1. The largest absolute Gasteiger partial charge is 0.496 e. The van der Waals surface area contributed by atoms with Crippen LogP contribution in [0.1, 0.15) is 22.8 Å². The van der Waals surface area contributed by atoms with Gasteiger partial charge in [-0.15, -0.1) is 0 Å². The normalized spacial score (nSPS) is 15.3. The molecule has 1 aliphatic rings. The van der Waals surface area contributed by atoms with E-state index in [0.29, 0.717) is 28.3 Å². The first-order valence-electron chi connectivity index (χ1n) is 7.80. The Hall–Kier alpha value is -2.64. The van der Waals surface area contributed by atoms with E-state index in [4.69, 9.17) is 16.3 Å². The lowest BCUT2D eigenvalue weighted by Gasteiger charge is -2.13. The number of rotatable bonds is 4. The van der Waals surface area contributed by atoms with Crippen molar-refractivity contribution in [1.82, 2.24) is 0 Å². The predicted molar refractivity (Wildman–Crippen MR) is 108 cm³/mol. The molecule has 0 radical (unpaired) electrons. The highest BCUT2D eigenvalue weighted by Gasteiger charge is 2.29. The van der Waals surface area contributed by atoms with Crippen LogP contribution in [0.3, 0.4) is 0 Å². The van der Waals surface area contributed by atoms with E-state index < -0.39 is 5.97 Å². The fourth-order valence-electron chi connectivity index (χ4n) is 2.64. The van der Waals surface area contributed by atoms with Crippen LogP contribution in [-0.2, 0) is 4.79 Å². The molecule has 0 saturated carbocycles. The van der Waals surface area contributed by atoms with E-state index >= 15 is 0 Å². The molecule has 1 heterocycles. The maximum Gasteiger partial charge on any atom is 0.337 e. The lowest BCUT2D eigenvalue weighted by molar-refractivity contribution is -0.114. The number of ether oxygens (including phenoxy) is 1. The van der Waals surface area contributed by atoms with Crippen LogP contribution >= 0.6 is 27.5 Å². The van der Waals surface area contributed by atoms with Crippen LogP contribution in [-0.4, -0.2) is 29.8 Å². The molecular weight excluding hydrogens is 436 g/mol. The van der Waals surface area contributed by atoms with Gasteiger partial charge in [0.1, 0.15) is 5.75 Å². The maximum atomic E-state index is 12.9. The second-order valence-electron chi connectivity index (χ2n) is 5.72. The summed E-state index contributed by atoms with van der Waals surface area (Å²) in [4.78, 5) is 24.2. The molecule has 0 atom stereocenters. The van der Waals surface area contributed by atoms with Crippen LogP contribution in [0.5, 0.6) is 5.75 Å². The number of aromatic carboxylic acids is 1. The number of anilines is 1. The van der Waals surface area contributed by atoms with Crippen molar-refractivity contribution in [2.75, 3.05) is 12.1 Å². The van der Waals surface area contributed by atoms with Gasteiger partial charge in [0.2, 0.25) is 0 Å². The van der Waals surface area contributed by atoms with Crippen LogP contribution in [0, 0.1) is 0 Å². The Morgan fingerprint density at radius 2 is 2.04 bits per heavy atom. The molecule has 0 fully saturated rings. The smallest absolute Gasteiger partial charge is 0.337 e. The highest BCUT2D eigenvalue weighted by atomic mass is 79.9. The van der Waals surface area contributed by atoms with Crippen molar-refractivity contribution in [2.24, 2.45) is 5.10 Å². The standard InChI is InChI=1S/C19H14BrClN2O4/c1-10-14(8-11-7-12(20)3-6-17(11)27-2)18(24)23(22-10)13-4-5-16(21)15(9-13)19(25)26/h3-9H,1-2H3,(H,25,26). The van der Waals surface area contributed by atoms with E-state index in [1.807, 2.05) is 12.1 Å². The topological polar surface area (TPSA) is 79.2 Å². The van der Waals surface area contributed by atoms with Gasteiger partial charge in [0, 0.05) is 10.0 Å². The number of carboxylic acids is 1. The van der Waals surface area contributed by atoms with E-state index in [1.54, 1.807) is 32.2 Å². The van der Waals surface area contributed by atoms with Crippen LogP contribution in [0.25, 0.3) is 6.08 Å². The van der Waals surface area contributed by atoms with Gasteiger partial charge < -0.3 is 9.84 Å². The van der Waals surface area contributed by atoms with Crippen molar-refractivity contribution in [1.29, 1.82) is 0 Å². The monoisotopic (exact) mass is 448 g/mol. The zero-order chi connectivity index (χ0) is 19.7. The maximum absolute atomic E-state index is 12.9. The Morgan fingerprint density at radius 3 is 2.70 bits per heavy atom. The molecule has 0 spiro atoms. The molecule has 2 aromatic rings. The number of benzene rings is 2. The third kappa shape index (κ3) is 3.74. The molecule has 0 aromatic heterocycles. The highest BCUT2D eigenvalue weighted by Crippen LogP contribution is 2.31. The Kier molecular flexibility index (Phi) is 5.34. The molecule has 0 unspecified atom stereocenters. The number of halogens is 2. The van der Waals surface area contributed by atoms with Crippen molar-refractivity contribution in [2.45, 2.75) is 6.92 Å². The van der Waals surface area contributed by atoms with Gasteiger partial charge in [-0.3, -0.25) is 4.79 Å². The first-order chi connectivity index (χ1) is 12.8. The molecule has 1 aliphatic heterocycles. The summed E-state index contributed by atoms with van der Waals surface area (Å²) in [6.07, 6.45) is 1.69. The van der Waals surface area contributed by atoms with Gasteiger partial charge >= 0.3 is 5.97 Å². The SMILES string of the molecule is COc1ccc(Br)cc1C=C1C(=O)N(c2ccc(Cl)c(C(=O)O)c2)N=C1C. The van der Waals surface area contributed by atoms with Crippen molar-refractivity contribution in [3.05, 3.63) is 62.6 Å². The zero-order valence-electron chi connectivity index (χ0n) is 14.4. The minimum atomic E-state index is -1.18. The average Bonchev–Trinajstić information content (AvgIpc) is 2.90. The Balaban J connectivity index is 2.02. The van der Waals surface area contributed by atoms with Crippen LogP contribution in [0.4, 0.5) is 5.69 Å². The molecule has 138 valence electrons. The van der Waals surface area contributed by atoms with Gasteiger partial charge in [0.05, 0.1) is 34.7 Å². The summed E-state index contributed by atoms with van der Waals surface area (Å²) in [5, 5.41) is 14.7. The third-order valence-electron chi connectivity index (χ3n) is 3.98. The molecule has 8 heteroatoms. The number of amides is 1. The number of carbonyl (C=O) groups excluding carboxylic acids is 1. The Labute approximate surface area is 168 Å². The first-order valence-corrected chi connectivity index (χ1v) is 8.97. The van der Waals surface area contributed by atoms with Crippen LogP contribution < -0.4 is 9.75 Å². The summed E-state index contributed by atoms with van der Waals surface area (Å²) in [5.74, 6) is -0.929. The number of carboxylic acid groups (broad SMARTS) is 1. The minimum Gasteiger partial charge on any atom is -0.496 e. The molecule has 27 heavy (non-hydrogen) atoms. The predicted octanol–water partition coefficient (Wildman–Crippen LogP) is 4.62. The van der Waals surface area contributed by atoms with Crippen LogP contribution in [0.2, 0.25) is 5.02 Å². The van der Waals surface area contributed by atoms with E-state index in [0.717, 1.165) is 9.48 Å². The van der Waals surface area contributed by atoms with Gasteiger partial charge in [-0.25, -0.2) is 4.79 Å².